The van der Waals surface area contributed by atoms with Gasteiger partial charge in [-0.05, 0) is 31.6 Å². The Morgan fingerprint density at radius 1 is 1.12 bits per heavy atom. The van der Waals surface area contributed by atoms with Crippen molar-refractivity contribution in [3.8, 4) is 11.3 Å². The SMILES string of the molecule is Cc1ccc(-c2nc(NC(=O)/C=C/c3ccccc3Cl)sc2C)cc1. The van der Waals surface area contributed by atoms with Gasteiger partial charge in [0.1, 0.15) is 0 Å². The maximum Gasteiger partial charge on any atom is 0.250 e. The number of halogens is 1. The molecule has 1 aromatic heterocycles. The molecule has 1 amide bonds. The van der Waals surface area contributed by atoms with Crippen molar-refractivity contribution in [3.05, 3.63) is 75.6 Å². The lowest BCUT2D eigenvalue weighted by Crippen LogP contribution is -2.07. The summed E-state index contributed by atoms with van der Waals surface area (Å²) in [6, 6.07) is 15.6. The van der Waals surface area contributed by atoms with Crippen LogP contribution in [0.4, 0.5) is 5.13 Å². The third-order valence-corrected chi connectivity index (χ3v) is 4.90. The number of amides is 1. The van der Waals surface area contributed by atoms with Crippen LogP contribution in [0.15, 0.2) is 54.6 Å². The average Bonchev–Trinajstić information content (AvgIpc) is 2.95. The van der Waals surface area contributed by atoms with Gasteiger partial charge in [-0.1, -0.05) is 59.6 Å². The summed E-state index contributed by atoms with van der Waals surface area (Å²) in [5.41, 5.74) is 3.95. The predicted octanol–water partition coefficient (Wildman–Crippen LogP) is 5.73. The van der Waals surface area contributed by atoms with Gasteiger partial charge in [0.25, 0.3) is 0 Å². The summed E-state index contributed by atoms with van der Waals surface area (Å²) in [5, 5.41) is 4.01. The third kappa shape index (κ3) is 4.35. The molecule has 5 heteroatoms. The van der Waals surface area contributed by atoms with Crippen molar-refractivity contribution in [2.24, 2.45) is 0 Å². The van der Waals surface area contributed by atoms with Gasteiger partial charge in [0.2, 0.25) is 5.91 Å². The van der Waals surface area contributed by atoms with E-state index < -0.39 is 0 Å². The monoisotopic (exact) mass is 368 g/mol. The van der Waals surface area contributed by atoms with Crippen molar-refractivity contribution in [2.45, 2.75) is 13.8 Å². The molecule has 0 atom stereocenters. The minimum Gasteiger partial charge on any atom is -0.298 e. The molecule has 0 saturated carbocycles. The lowest BCUT2D eigenvalue weighted by Gasteiger charge is -1.99. The van der Waals surface area contributed by atoms with Crippen molar-refractivity contribution in [3.63, 3.8) is 0 Å². The second-order valence-corrected chi connectivity index (χ2v) is 7.24. The minimum absolute atomic E-state index is 0.232. The normalized spacial score (nSPS) is 11.0. The summed E-state index contributed by atoms with van der Waals surface area (Å²) >= 11 is 7.54. The number of benzene rings is 2. The van der Waals surface area contributed by atoms with E-state index >= 15 is 0 Å². The van der Waals surface area contributed by atoms with Gasteiger partial charge in [0, 0.05) is 21.5 Å². The Bertz CT molecular complexity index is 929. The summed E-state index contributed by atoms with van der Waals surface area (Å²) in [5.74, 6) is -0.232. The molecule has 0 fully saturated rings. The number of nitrogens with one attached hydrogen (secondary N) is 1. The molecule has 126 valence electrons. The second kappa shape index (κ2) is 7.64. The number of carbonyl (C=O) groups is 1. The fourth-order valence-corrected chi connectivity index (χ4v) is 3.39. The molecular weight excluding hydrogens is 352 g/mol. The van der Waals surface area contributed by atoms with Crippen molar-refractivity contribution >= 4 is 40.1 Å². The van der Waals surface area contributed by atoms with Gasteiger partial charge in [0.05, 0.1) is 5.69 Å². The van der Waals surface area contributed by atoms with E-state index in [1.165, 1.54) is 23.0 Å². The van der Waals surface area contributed by atoms with Crippen molar-refractivity contribution in [2.75, 3.05) is 5.32 Å². The highest BCUT2D eigenvalue weighted by atomic mass is 35.5. The fraction of sp³-hybridized carbons (Fsp3) is 0.100. The van der Waals surface area contributed by atoms with Crippen LogP contribution in [0.2, 0.25) is 5.02 Å². The van der Waals surface area contributed by atoms with E-state index in [4.69, 9.17) is 11.6 Å². The molecule has 0 radical (unpaired) electrons. The zero-order valence-corrected chi connectivity index (χ0v) is 15.5. The Kier molecular flexibility index (Phi) is 5.31. The third-order valence-electron chi connectivity index (χ3n) is 3.67. The molecule has 0 spiro atoms. The highest BCUT2D eigenvalue weighted by Gasteiger charge is 2.11. The molecule has 0 saturated heterocycles. The predicted molar refractivity (Wildman–Crippen MR) is 106 cm³/mol. The summed E-state index contributed by atoms with van der Waals surface area (Å²) in [7, 11) is 0. The Morgan fingerprint density at radius 3 is 2.56 bits per heavy atom. The molecule has 25 heavy (non-hydrogen) atoms. The second-order valence-electron chi connectivity index (χ2n) is 5.63. The van der Waals surface area contributed by atoms with Crippen LogP contribution in [-0.4, -0.2) is 10.9 Å². The molecule has 1 heterocycles. The molecule has 3 aromatic rings. The standard InChI is InChI=1S/C20H17ClN2OS/c1-13-7-9-16(10-8-13)19-14(2)25-20(23-19)22-18(24)12-11-15-5-3-4-6-17(15)21/h3-12H,1-2H3,(H,22,23,24)/b12-11+. The number of thiazole rings is 1. The highest BCUT2D eigenvalue weighted by molar-refractivity contribution is 7.16. The van der Waals surface area contributed by atoms with Crippen molar-refractivity contribution < 1.29 is 4.79 Å². The van der Waals surface area contributed by atoms with E-state index in [0.29, 0.717) is 10.2 Å². The van der Waals surface area contributed by atoms with Gasteiger partial charge < -0.3 is 0 Å². The zero-order valence-electron chi connectivity index (χ0n) is 13.9. The molecule has 3 nitrogen and oxygen atoms in total. The number of anilines is 1. The first-order valence-electron chi connectivity index (χ1n) is 7.81. The average molecular weight is 369 g/mol. The van der Waals surface area contributed by atoms with Crippen LogP contribution in [0.25, 0.3) is 17.3 Å². The molecule has 0 aliphatic carbocycles. The lowest BCUT2D eigenvalue weighted by atomic mass is 10.1. The Morgan fingerprint density at radius 2 is 1.84 bits per heavy atom. The first-order valence-corrected chi connectivity index (χ1v) is 9.00. The largest absolute Gasteiger partial charge is 0.298 e. The first kappa shape index (κ1) is 17.4. The summed E-state index contributed by atoms with van der Waals surface area (Å²) in [6.45, 7) is 4.05. The molecule has 0 unspecified atom stereocenters. The van der Waals surface area contributed by atoms with Gasteiger partial charge in [-0.15, -0.1) is 11.3 Å². The van der Waals surface area contributed by atoms with Gasteiger partial charge >= 0.3 is 0 Å². The molecule has 2 aromatic carbocycles. The van der Waals surface area contributed by atoms with Crippen LogP contribution in [0, 0.1) is 13.8 Å². The van der Waals surface area contributed by atoms with Crippen molar-refractivity contribution in [1.29, 1.82) is 0 Å². The van der Waals surface area contributed by atoms with Crippen LogP contribution in [0.5, 0.6) is 0 Å². The maximum atomic E-state index is 12.1. The minimum atomic E-state index is -0.232. The zero-order chi connectivity index (χ0) is 17.8. The number of nitrogens with zero attached hydrogens (tertiary/aromatic N) is 1. The van der Waals surface area contributed by atoms with Gasteiger partial charge in [-0.2, -0.15) is 0 Å². The molecular formula is C20H17ClN2OS. The first-order chi connectivity index (χ1) is 12.0. The molecule has 0 aliphatic heterocycles. The van der Waals surface area contributed by atoms with E-state index in [2.05, 4.69) is 29.4 Å². The summed E-state index contributed by atoms with van der Waals surface area (Å²) in [4.78, 5) is 17.7. The van der Waals surface area contributed by atoms with E-state index in [-0.39, 0.29) is 5.91 Å². The van der Waals surface area contributed by atoms with E-state index in [9.17, 15) is 4.79 Å². The highest BCUT2D eigenvalue weighted by Crippen LogP contribution is 2.30. The Balaban J connectivity index is 1.73. The number of carbonyl (C=O) groups excluding carboxylic acids is 1. The van der Waals surface area contributed by atoms with E-state index in [1.807, 2.05) is 37.3 Å². The van der Waals surface area contributed by atoms with Crippen LogP contribution >= 0.6 is 22.9 Å². The molecule has 1 N–H and O–H groups in total. The number of aromatic nitrogens is 1. The summed E-state index contributed by atoms with van der Waals surface area (Å²) < 4.78 is 0. The lowest BCUT2D eigenvalue weighted by molar-refractivity contribution is -0.111. The number of hydrogen-bond donors (Lipinski definition) is 1. The molecule has 0 bridgehead atoms. The Hall–Kier alpha value is -2.43. The van der Waals surface area contributed by atoms with Gasteiger partial charge in [-0.3, -0.25) is 10.1 Å². The van der Waals surface area contributed by atoms with Gasteiger partial charge in [0.15, 0.2) is 5.13 Å². The van der Waals surface area contributed by atoms with E-state index in [0.717, 1.165) is 21.7 Å². The van der Waals surface area contributed by atoms with Crippen LogP contribution in [0.3, 0.4) is 0 Å². The number of rotatable bonds is 4. The van der Waals surface area contributed by atoms with Crippen LogP contribution in [0.1, 0.15) is 16.0 Å². The van der Waals surface area contributed by atoms with Gasteiger partial charge in [-0.25, -0.2) is 4.98 Å². The smallest absolute Gasteiger partial charge is 0.250 e. The van der Waals surface area contributed by atoms with E-state index in [1.54, 1.807) is 12.1 Å². The number of aryl methyl sites for hydroxylation is 2. The maximum absolute atomic E-state index is 12.1. The number of hydrogen-bond acceptors (Lipinski definition) is 3. The Labute approximate surface area is 156 Å². The van der Waals surface area contributed by atoms with Crippen LogP contribution < -0.4 is 5.32 Å². The molecule has 3 rings (SSSR count). The quantitative estimate of drug-likeness (QED) is 0.597. The fourth-order valence-electron chi connectivity index (χ4n) is 2.35. The summed E-state index contributed by atoms with van der Waals surface area (Å²) in [6.07, 6.45) is 3.16. The van der Waals surface area contributed by atoms with Crippen LogP contribution in [-0.2, 0) is 4.79 Å². The topological polar surface area (TPSA) is 42.0 Å². The van der Waals surface area contributed by atoms with Crippen molar-refractivity contribution in [1.82, 2.24) is 4.98 Å². The molecule has 0 aliphatic rings.